The molecule has 26 heavy (non-hydrogen) atoms. The molecule has 6 nitrogen and oxygen atoms in total. The van der Waals surface area contributed by atoms with E-state index in [0.717, 1.165) is 18.7 Å². The van der Waals surface area contributed by atoms with E-state index < -0.39 is 7.82 Å². The van der Waals surface area contributed by atoms with Gasteiger partial charge in [0.25, 0.3) is 0 Å². The van der Waals surface area contributed by atoms with Gasteiger partial charge in [0, 0.05) is 16.7 Å². The van der Waals surface area contributed by atoms with Gasteiger partial charge >= 0.3 is 7.82 Å². The highest BCUT2D eigenvalue weighted by molar-refractivity contribution is 7.45. The Balaban J connectivity index is 0.000000431. The van der Waals surface area contributed by atoms with Crippen molar-refractivity contribution in [2.75, 3.05) is 13.6 Å². The van der Waals surface area contributed by atoms with E-state index >= 15 is 0 Å². The highest BCUT2D eigenvalue weighted by Gasteiger charge is 2.15. The van der Waals surface area contributed by atoms with Crippen LogP contribution in [0.1, 0.15) is 17.4 Å². The van der Waals surface area contributed by atoms with Crippen LogP contribution in [0.5, 0.6) is 5.75 Å². The molecular formula is C18H22NO5PS. The molecule has 0 spiro atoms. The molecule has 0 fully saturated rings. The quantitative estimate of drug-likeness (QED) is 0.475. The Morgan fingerprint density at radius 3 is 2.42 bits per heavy atom. The number of ether oxygens (including phenoxy) is 1. The van der Waals surface area contributed by atoms with Gasteiger partial charge in [-0.3, -0.25) is 0 Å². The Morgan fingerprint density at radius 2 is 1.77 bits per heavy atom. The third kappa shape index (κ3) is 6.88. The van der Waals surface area contributed by atoms with Gasteiger partial charge in [-0.05, 0) is 36.5 Å². The lowest BCUT2D eigenvalue weighted by Gasteiger charge is -2.19. The Hall–Kier alpha value is -1.73. The summed E-state index contributed by atoms with van der Waals surface area (Å²) in [5, 5.41) is 7.70. The van der Waals surface area contributed by atoms with Crippen molar-refractivity contribution in [1.29, 1.82) is 0 Å². The van der Waals surface area contributed by atoms with Crippen molar-refractivity contribution >= 4 is 29.9 Å². The van der Waals surface area contributed by atoms with E-state index in [1.807, 2.05) is 7.05 Å². The number of benzene rings is 2. The van der Waals surface area contributed by atoms with Gasteiger partial charge in [-0.1, -0.05) is 42.5 Å². The standard InChI is InChI=1S/C18H19NOS.H3O4P/c1-19-12-11-17(18-10-5-13-21-18)20-16-9-4-7-14-6-2-3-8-15(14)16;1-5(2,3)4/h2-10,13,17,19H,11-12H2,1H3;(H3,1,2,3,4). The molecule has 2 aromatic carbocycles. The number of thiophene rings is 1. The Morgan fingerprint density at radius 1 is 1.08 bits per heavy atom. The molecule has 8 heteroatoms. The van der Waals surface area contributed by atoms with Crippen molar-refractivity contribution in [2.24, 2.45) is 0 Å². The van der Waals surface area contributed by atoms with Gasteiger partial charge in [0.2, 0.25) is 0 Å². The summed E-state index contributed by atoms with van der Waals surface area (Å²) in [6.07, 6.45) is 1.06. The van der Waals surface area contributed by atoms with Crippen LogP contribution in [0.25, 0.3) is 10.8 Å². The maximum Gasteiger partial charge on any atom is 0.466 e. The van der Waals surface area contributed by atoms with Crippen molar-refractivity contribution in [3.63, 3.8) is 0 Å². The molecule has 1 atom stereocenters. The summed E-state index contributed by atoms with van der Waals surface area (Å²) in [6.45, 7) is 0.938. The van der Waals surface area contributed by atoms with Crippen LogP contribution < -0.4 is 10.1 Å². The fourth-order valence-corrected chi connectivity index (χ4v) is 3.25. The number of hydrogen-bond donors (Lipinski definition) is 4. The second-order valence-corrected chi connectivity index (χ2v) is 7.51. The molecule has 0 radical (unpaired) electrons. The molecule has 0 amide bonds. The van der Waals surface area contributed by atoms with E-state index in [4.69, 9.17) is 24.0 Å². The second-order valence-electron chi connectivity index (χ2n) is 5.50. The lowest BCUT2D eigenvalue weighted by atomic mass is 10.1. The van der Waals surface area contributed by atoms with Gasteiger partial charge in [-0.15, -0.1) is 11.3 Å². The van der Waals surface area contributed by atoms with Crippen molar-refractivity contribution in [3.05, 3.63) is 64.9 Å². The third-order valence-corrected chi connectivity index (χ3v) is 4.50. The van der Waals surface area contributed by atoms with Gasteiger partial charge in [-0.25, -0.2) is 4.57 Å². The molecule has 0 aliphatic heterocycles. The zero-order chi connectivity index (χ0) is 19.0. The molecule has 0 saturated heterocycles. The lowest BCUT2D eigenvalue weighted by molar-refractivity contribution is 0.201. The van der Waals surface area contributed by atoms with Crippen molar-refractivity contribution in [2.45, 2.75) is 12.5 Å². The molecular weight excluding hydrogens is 373 g/mol. The van der Waals surface area contributed by atoms with E-state index in [1.54, 1.807) is 11.3 Å². The SMILES string of the molecule is CNCCC(Oc1cccc2ccccc12)c1cccs1.O=P(O)(O)O. The zero-order valence-electron chi connectivity index (χ0n) is 14.3. The summed E-state index contributed by atoms with van der Waals surface area (Å²) in [4.78, 5) is 22.8. The van der Waals surface area contributed by atoms with Crippen LogP contribution in [-0.2, 0) is 4.57 Å². The monoisotopic (exact) mass is 395 g/mol. The van der Waals surface area contributed by atoms with E-state index in [9.17, 15) is 0 Å². The molecule has 0 aliphatic carbocycles. The van der Waals surface area contributed by atoms with Crippen molar-refractivity contribution in [3.8, 4) is 5.75 Å². The minimum absolute atomic E-state index is 0.100. The molecule has 0 bridgehead atoms. The van der Waals surface area contributed by atoms with E-state index in [0.29, 0.717) is 0 Å². The zero-order valence-corrected chi connectivity index (χ0v) is 16.0. The molecule has 3 aromatic rings. The molecule has 1 aromatic heterocycles. The van der Waals surface area contributed by atoms with Gasteiger partial charge in [0.15, 0.2) is 0 Å². The largest absolute Gasteiger partial charge is 0.484 e. The van der Waals surface area contributed by atoms with Gasteiger partial charge in [-0.2, -0.15) is 0 Å². The molecule has 4 N–H and O–H groups in total. The fraction of sp³-hybridized carbons (Fsp3) is 0.222. The van der Waals surface area contributed by atoms with Crippen LogP contribution in [0.3, 0.4) is 0 Å². The van der Waals surface area contributed by atoms with E-state index in [1.165, 1.54) is 15.6 Å². The average molecular weight is 395 g/mol. The van der Waals surface area contributed by atoms with Crippen LogP contribution >= 0.6 is 19.2 Å². The van der Waals surface area contributed by atoms with Crippen LogP contribution in [0.4, 0.5) is 0 Å². The summed E-state index contributed by atoms with van der Waals surface area (Å²) < 4.78 is 15.2. The number of hydrogen-bond acceptors (Lipinski definition) is 4. The first-order chi connectivity index (χ1) is 12.4. The summed E-state index contributed by atoms with van der Waals surface area (Å²) in [6, 6.07) is 18.8. The molecule has 1 heterocycles. The van der Waals surface area contributed by atoms with E-state index in [-0.39, 0.29) is 6.10 Å². The van der Waals surface area contributed by atoms with Gasteiger partial charge in [0.1, 0.15) is 11.9 Å². The second kappa shape index (κ2) is 9.83. The number of nitrogens with one attached hydrogen (secondary N) is 1. The Bertz CT molecular complexity index is 836. The number of phosphoric acid groups is 1. The summed E-state index contributed by atoms with van der Waals surface area (Å²) >= 11 is 1.75. The van der Waals surface area contributed by atoms with Crippen molar-refractivity contribution in [1.82, 2.24) is 5.32 Å². The predicted octanol–water partition coefficient (Wildman–Crippen LogP) is 3.70. The minimum atomic E-state index is -4.64. The van der Waals surface area contributed by atoms with Crippen LogP contribution in [0, 0.1) is 0 Å². The first kappa shape index (κ1) is 20.6. The first-order valence-electron chi connectivity index (χ1n) is 7.99. The average Bonchev–Trinajstić information content (AvgIpc) is 3.12. The van der Waals surface area contributed by atoms with Gasteiger partial charge in [0.05, 0.1) is 0 Å². The molecule has 0 aliphatic rings. The first-order valence-corrected chi connectivity index (χ1v) is 10.4. The molecule has 140 valence electrons. The highest BCUT2D eigenvalue weighted by atomic mass is 32.1. The summed E-state index contributed by atoms with van der Waals surface area (Å²) in [5.41, 5.74) is 0. The van der Waals surface area contributed by atoms with Crippen molar-refractivity contribution < 1.29 is 24.0 Å². The van der Waals surface area contributed by atoms with Crippen LogP contribution in [0.2, 0.25) is 0 Å². The highest BCUT2D eigenvalue weighted by Crippen LogP contribution is 2.32. The maximum atomic E-state index is 8.88. The normalized spacial score (nSPS) is 12.3. The van der Waals surface area contributed by atoms with Crippen LogP contribution in [-0.4, -0.2) is 28.3 Å². The van der Waals surface area contributed by atoms with Crippen LogP contribution in [0.15, 0.2) is 60.0 Å². The minimum Gasteiger partial charge on any atom is -0.484 e. The molecule has 1 unspecified atom stereocenters. The number of rotatable bonds is 6. The predicted molar refractivity (Wildman–Crippen MR) is 104 cm³/mol. The molecule has 0 saturated carbocycles. The fourth-order valence-electron chi connectivity index (χ4n) is 2.46. The Kier molecular flexibility index (Phi) is 7.78. The van der Waals surface area contributed by atoms with Gasteiger partial charge < -0.3 is 24.7 Å². The van der Waals surface area contributed by atoms with E-state index in [2.05, 4.69) is 65.3 Å². The third-order valence-electron chi connectivity index (χ3n) is 3.54. The Labute approximate surface area is 156 Å². The summed E-state index contributed by atoms with van der Waals surface area (Å²) in [5.74, 6) is 0.961. The topological polar surface area (TPSA) is 99.0 Å². The maximum absolute atomic E-state index is 8.88. The lowest BCUT2D eigenvalue weighted by Crippen LogP contribution is -2.15. The molecule has 3 rings (SSSR count). The number of fused-ring (bicyclic) bond motifs is 1. The smallest absolute Gasteiger partial charge is 0.466 e. The summed E-state index contributed by atoms with van der Waals surface area (Å²) in [7, 11) is -2.66.